The van der Waals surface area contributed by atoms with Crippen LogP contribution in [0.15, 0.2) is 30.3 Å². The molecule has 1 amide bonds. The van der Waals surface area contributed by atoms with E-state index in [2.05, 4.69) is 17.1 Å². The van der Waals surface area contributed by atoms with Crippen molar-refractivity contribution in [1.29, 1.82) is 0 Å². The second kappa shape index (κ2) is 6.52. The fourth-order valence-electron chi connectivity index (χ4n) is 2.15. The molecule has 0 bridgehead atoms. The van der Waals surface area contributed by atoms with Crippen LogP contribution in [0.1, 0.15) is 13.3 Å². The van der Waals surface area contributed by atoms with Crippen LogP contribution in [0.5, 0.6) is 0 Å². The monoisotopic (exact) mass is 248 g/mol. The molecule has 1 aliphatic rings. The lowest BCUT2D eigenvalue weighted by Gasteiger charge is -2.31. The zero-order valence-electron chi connectivity index (χ0n) is 10.8. The Labute approximate surface area is 108 Å². The van der Waals surface area contributed by atoms with Crippen molar-refractivity contribution in [2.24, 2.45) is 0 Å². The number of morpholine rings is 1. The molecule has 1 atom stereocenters. The van der Waals surface area contributed by atoms with Gasteiger partial charge in [0.2, 0.25) is 5.91 Å². The summed E-state index contributed by atoms with van der Waals surface area (Å²) in [6, 6.07) is 9.83. The van der Waals surface area contributed by atoms with E-state index in [9.17, 15) is 4.79 Å². The van der Waals surface area contributed by atoms with Crippen LogP contribution in [0.25, 0.3) is 0 Å². The lowest BCUT2D eigenvalue weighted by Crippen LogP contribution is -2.43. The Kier molecular flexibility index (Phi) is 4.73. The molecule has 4 heteroatoms. The highest BCUT2D eigenvalue weighted by atomic mass is 16.5. The Balaban J connectivity index is 1.79. The molecule has 0 aromatic heterocycles. The maximum Gasteiger partial charge on any atom is 0.225 e. The summed E-state index contributed by atoms with van der Waals surface area (Å²) in [5.41, 5.74) is 0.858. The molecule has 1 fully saturated rings. The third kappa shape index (κ3) is 3.82. The predicted molar refractivity (Wildman–Crippen MR) is 71.5 cm³/mol. The minimum Gasteiger partial charge on any atom is -0.379 e. The molecule has 0 spiro atoms. The van der Waals surface area contributed by atoms with Gasteiger partial charge in [0.15, 0.2) is 0 Å². The molecule has 1 heterocycles. The SMILES string of the molecule is CC(CC(=O)Nc1ccccc1)N1CCOCC1. The summed E-state index contributed by atoms with van der Waals surface area (Å²) >= 11 is 0. The van der Waals surface area contributed by atoms with Gasteiger partial charge in [-0.3, -0.25) is 9.69 Å². The van der Waals surface area contributed by atoms with Gasteiger partial charge in [0.05, 0.1) is 13.2 Å². The van der Waals surface area contributed by atoms with Gasteiger partial charge in [-0.1, -0.05) is 18.2 Å². The fourth-order valence-corrected chi connectivity index (χ4v) is 2.15. The first-order chi connectivity index (χ1) is 8.75. The molecule has 4 nitrogen and oxygen atoms in total. The van der Waals surface area contributed by atoms with Crippen molar-refractivity contribution in [1.82, 2.24) is 4.90 Å². The number of anilines is 1. The first-order valence-corrected chi connectivity index (χ1v) is 6.42. The summed E-state index contributed by atoms with van der Waals surface area (Å²) in [7, 11) is 0. The number of carbonyl (C=O) groups excluding carboxylic acids is 1. The van der Waals surface area contributed by atoms with Gasteiger partial charge >= 0.3 is 0 Å². The van der Waals surface area contributed by atoms with Crippen molar-refractivity contribution in [3.63, 3.8) is 0 Å². The smallest absolute Gasteiger partial charge is 0.225 e. The van der Waals surface area contributed by atoms with Gasteiger partial charge in [-0.25, -0.2) is 0 Å². The van der Waals surface area contributed by atoms with E-state index in [4.69, 9.17) is 4.74 Å². The van der Waals surface area contributed by atoms with Crippen molar-refractivity contribution in [3.05, 3.63) is 30.3 Å². The summed E-state index contributed by atoms with van der Waals surface area (Å²) in [5, 5.41) is 2.92. The summed E-state index contributed by atoms with van der Waals surface area (Å²) in [4.78, 5) is 14.2. The fraction of sp³-hybridized carbons (Fsp3) is 0.500. The zero-order valence-corrected chi connectivity index (χ0v) is 10.8. The first kappa shape index (κ1) is 13.1. The Morgan fingerprint density at radius 3 is 2.67 bits per heavy atom. The maximum atomic E-state index is 11.9. The van der Waals surface area contributed by atoms with Crippen LogP contribution in [-0.4, -0.2) is 43.2 Å². The normalized spacial score (nSPS) is 18.3. The van der Waals surface area contributed by atoms with Crippen LogP contribution >= 0.6 is 0 Å². The van der Waals surface area contributed by atoms with Gasteiger partial charge in [0, 0.05) is 31.2 Å². The molecular weight excluding hydrogens is 228 g/mol. The molecule has 0 aliphatic carbocycles. The Morgan fingerprint density at radius 2 is 2.00 bits per heavy atom. The summed E-state index contributed by atoms with van der Waals surface area (Å²) in [6.07, 6.45) is 0.523. The second-order valence-corrected chi connectivity index (χ2v) is 4.62. The highest BCUT2D eigenvalue weighted by molar-refractivity contribution is 5.90. The molecule has 98 valence electrons. The Bertz CT molecular complexity index is 375. The zero-order chi connectivity index (χ0) is 12.8. The van der Waals surface area contributed by atoms with Crippen molar-refractivity contribution >= 4 is 11.6 Å². The van der Waals surface area contributed by atoms with E-state index in [0.29, 0.717) is 6.42 Å². The molecule has 0 radical (unpaired) electrons. The first-order valence-electron chi connectivity index (χ1n) is 6.42. The predicted octanol–water partition coefficient (Wildman–Crippen LogP) is 1.74. The van der Waals surface area contributed by atoms with E-state index < -0.39 is 0 Å². The third-order valence-corrected chi connectivity index (χ3v) is 3.21. The van der Waals surface area contributed by atoms with Crippen LogP contribution in [0, 0.1) is 0 Å². The van der Waals surface area contributed by atoms with Crippen LogP contribution < -0.4 is 5.32 Å². The molecule has 0 saturated carbocycles. The standard InChI is InChI=1S/C14H20N2O2/c1-12(16-7-9-18-10-8-16)11-14(17)15-13-5-3-2-4-6-13/h2-6,12H,7-11H2,1H3,(H,15,17). The number of nitrogens with one attached hydrogen (secondary N) is 1. The van der Waals surface area contributed by atoms with E-state index >= 15 is 0 Å². The largest absolute Gasteiger partial charge is 0.379 e. The topological polar surface area (TPSA) is 41.6 Å². The Hall–Kier alpha value is -1.39. The molecule has 18 heavy (non-hydrogen) atoms. The van der Waals surface area contributed by atoms with Crippen LogP contribution in [0.3, 0.4) is 0 Å². The highest BCUT2D eigenvalue weighted by Crippen LogP contribution is 2.10. The number of carbonyl (C=O) groups is 1. The van der Waals surface area contributed by atoms with Gasteiger partial charge in [-0.2, -0.15) is 0 Å². The van der Waals surface area contributed by atoms with E-state index in [1.54, 1.807) is 0 Å². The van der Waals surface area contributed by atoms with Gasteiger partial charge in [0.25, 0.3) is 0 Å². The number of rotatable bonds is 4. The third-order valence-electron chi connectivity index (χ3n) is 3.21. The minimum absolute atomic E-state index is 0.0696. The van der Waals surface area contributed by atoms with Crippen molar-refractivity contribution in [2.75, 3.05) is 31.6 Å². The number of nitrogens with zero attached hydrogens (tertiary/aromatic N) is 1. The molecular formula is C14H20N2O2. The highest BCUT2D eigenvalue weighted by Gasteiger charge is 2.19. The number of hydrogen-bond acceptors (Lipinski definition) is 3. The maximum absolute atomic E-state index is 11.9. The molecule has 2 rings (SSSR count). The summed E-state index contributed by atoms with van der Waals surface area (Å²) in [6.45, 7) is 5.46. The lowest BCUT2D eigenvalue weighted by molar-refractivity contribution is -0.117. The molecule has 1 aromatic rings. The molecule has 1 unspecified atom stereocenters. The number of para-hydroxylation sites is 1. The van der Waals surface area contributed by atoms with Crippen molar-refractivity contribution in [3.8, 4) is 0 Å². The van der Waals surface area contributed by atoms with Crippen molar-refractivity contribution in [2.45, 2.75) is 19.4 Å². The molecule has 1 aliphatic heterocycles. The van der Waals surface area contributed by atoms with E-state index in [0.717, 1.165) is 32.0 Å². The second-order valence-electron chi connectivity index (χ2n) is 4.62. The van der Waals surface area contributed by atoms with Crippen LogP contribution in [0.4, 0.5) is 5.69 Å². The van der Waals surface area contributed by atoms with Gasteiger partial charge in [0.1, 0.15) is 0 Å². The quantitative estimate of drug-likeness (QED) is 0.882. The van der Waals surface area contributed by atoms with Gasteiger partial charge < -0.3 is 10.1 Å². The molecule has 1 saturated heterocycles. The van der Waals surface area contributed by atoms with E-state index in [1.807, 2.05) is 30.3 Å². The van der Waals surface area contributed by atoms with Crippen molar-refractivity contribution < 1.29 is 9.53 Å². The average molecular weight is 248 g/mol. The Morgan fingerprint density at radius 1 is 1.33 bits per heavy atom. The van der Waals surface area contributed by atoms with Gasteiger partial charge in [-0.15, -0.1) is 0 Å². The molecule has 1 aromatic carbocycles. The number of ether oxygens (including phenoxy) is 1. The lowest BCUT2D eigenvalue weighted by atomic mass is 10.1. The number of benzene rings is 1. The molecule has 1 N–H and O–H groups in total. The number of hydrogen-bond donors (Lipinski definition) is 1. The van der Waals surface area contributed by atoms with Gasteiger partial charge in [-0.05, 0) is 19.1 Å². The summed E-state index contributed by atoms with van der Waals surface area (Å²) in [5.74, 6) is 0.0696. The van der Waals surface area contributed by atoms with Crippen LogP contribution in [-0.2, 0) is 9.53 Å². The minimum atomic E-state index is 0.0696. The average Bonchev–Trinajstić information content (AvgIpc) is 2.40. The van der Waals surface area contributed by atoms with Crippen LogP contribution in [0.2, 0.25) is 0 Å². The number of amides is 1. The van der Waals surface area contributed by atoms with E-state index in [-0.39, 0.29) is 11.9 Å². The summed E-state index contributed by atoms with van der Waals surface area (Å²) < 4.78 is 5.31. The van der Waals surface area contributed by atoms with E-state index in [1.165, 1.54) is 0 Å².